The van der Waals surface area contributed by atoms with Crippen LogP contribution in [0.1, 0.15) is 24.0 Å². The highest BCUT2D eigenvalue weighted by atomic mass is 16.1. The number of rotatable bonds is 8. The molecule has 0 aliphatic carbocycles. The van der Waals surface area contributed by atoms with E-state index in [1.54, 1.807) is 0 Å². The van der Waals surface area contributed by atoms with Gasteiger partial charge in [-0.05, 0) is 44.0 Å². The van der Waals surface area contributed by atoms with Crippen LogP contribution in [0.2, 0.25) is 0 Å². The number of carbonyl (C=O) groups excluding carboxylic acids is 1. The first-order valence-corrected chi connectivity index (χ1v) is 7.85. The molecule has 2 aromatic carbocycles. The lowest BCUT2D eigenvalue weighted by atomic mass is 10.1. The van der Waals surface area contributed by atoms with Crippen LogP contribution in [0.4, 0.5) is 5.69 Å². The molecule has 0 unspecified atom stereocenters. The third-order valence-corrected chi connectivity index (χ3v) is 3.53. The Hall–Kier alpha value is -2.13. The van der Waals surface area contributed by atoms with Crippen molar-refractivity contribution in [3.05, 3.63) is 65.7 Å². The molecule has 22 heavy (non-hydrogen) atoms. The first-order valence-electron chi connectivity index (χ1n) is 7.85. The number of hydrogen-bond acceptors (Lipinski definition) is 2. The number of nitrogens with one attached hydrogen (secondary N) is 2. The second-order valence-electron chi connectivity index (χ2n) is 5.50. The Balaban J connectivity index is 1.54. The zero-order valence-corrected chi connectivity index (χ0v) is 13.1. The standard InChI is InChI=1S/C19H24N2O/c1-16-9-11-18(12-10-16)21-19(22)13-15-20-14-5-8-17-6-3-2-4-7-17/h2-4,6-7,9-12,20H,5,8,13-15H2,1H3,(H,21,22). The molecule has 2 rings (SSSR count). The summed E-state index contributed by atoms with van der Waals surface area (Å²) in [6.45, 7) is 3.68. The van der Waals surface area contributed by atoms with Crippen molar-refractivity contribution in [3.63, 3.8) is 0 Å². The van der Waals surface area contributed by atoms with Gasteiger partial charge in [-0.15, -0.1) is 0 Å². The van der Waals surface area contributed by atoms with Crippen LogP contribution < -0.4 is 10.6 Å². The van der Waals surface area contributed by atoms with Gasteiger partial charge >= 0.3 is 0 Å². The SMILES string of the molecule is Cc1ccc(NC(=O)CCNCCCc2ccccc2)cc1. The Morgan fingerprint density at radius 3 is 2.41 bits per heavy atom. The molecule has 116 valence electrons. The van der Waals surface area contributed by atoms with Crippen LogP contribution in [0, 0.1) is 6.92 Å². The van der Waals surface area contributed by atoms with Crippen LogP contribution in [0.3, 0.4) is 0 Å². The van der Waals surface area contributed by atoms with E-state index in [2.05, 4.69) is 34.9 Å². The highest BCUT2D eigenvalue weighted by Crippen LogP contribution is 2.08. The minimum atomic E-state index is 0.0550. The summed E-state index contributed by atoms with van der Waals surface area (Å²) in [6, 6.07) is 18.3. The van der Waals surface area contributed by atoms with Crippen molar-refractivity contribution in [2.45, 2.75) is 26.2 Å². The Bertz CT molecular complexity index is 564. The highest BCUT2D eigenvalue weighted by Gasteiger charge is 2.01. The average Bonchev–Trinajstić information content (AvgIpc) is 2.54. The molecule has 0 saturated carbocycles. The van der Waals surface area contributed by atoms with E-state index in [9.17, 15) is 4.79 Å². The maximum atomic E-state index is 11.8. The molecule has 0 aliphatic heterocycles. The van der Waals surface area contributed by atoms with Crippen molar-refractivity contribution in [3.8, 4) is 0 Å². The van der Waals surface area contributed by atoms with E-state index in [-0.39, 0.29) is 5.91 Å². The van der Waals surface area contributed by atoms with Gasteiger partial charge in [-0.2, -0.15) is 0 Å². The van der Waals surface area contributed by atoms with Crippen LogP contribution >= 0.6 is 0 Å². The van der Waals surface area contributed by atoms with E-state index in [0.29, 0.717) is 13.0 Å². The van der Waals surface area contributed by atoms with E-state index in [4.69, 9.17) is 0 Å². The molecule has 2 N–H and O–H groups in total. The normalized spacial score (nSPS) is 10.4. The van der Waals surface area contributed by atoms with Crippen molar-refractivity contribution in [2.75, 3.05) is 18.4 Å². The summed E-state index contributed by atoms with van der Waals surface area (Å²) in [6.07, 6.45) is 2.66. The van der Waals surface area contributed by atoms with E-state index in [1.165, 1.54) is 11.1 Å². The molecule has 0 saturated heterocycles. The predicted molar refractivity (Wildman–Crippen MR) is 92.1 cm³/mol. The van der Waals surface area contributed by atoms with Gasteiger partial charge in [0.15, 0.2) is 0 Å². The fraction of sp³-hybridized carbons (Fsp3) is 0.316. The summed E-state index contributed by atoms with van der Waals surface area (Å²) < 4.78 is 0. The second-order valence-corrected chi connectivity index (χ2v) is 5.50. The maximum Gasteiger partial charge on any atom is 0.225 e. The Labute approximate surface area is 132 Å². The number of carbonyl (C=O) groups is 1. The molecule has 0 aliphatic rings. The Morgan fingerprint density at radius 1 is 0.955 bits per heavy atom. The van der Waals surface area contributed by atoms with Gasteiger partial charge in [0.05, 0.1) is 0 Å². The molecule has 0 aromatic heterocycles. The average molecular weight is 296 g/mol. The molecular formula is C19H24N2O. The Kier molecular flexibility index (Phi) is 6.65. The van der Waals surface area contributed by atoms with Crippen LogP contribution in [-0.4, -0.2) is 19.0 Å². The molecule has 0 heterocycles. The first kappa shape index (κ1) is 16.2. The van der Waals surface area contributed by atoms with Gasteiger partial charge in [-0.3, -0.25) is 4.79 Å². The van der Waals surface area contributed by atoms with E-state index >= 15 is 0 Å². The molecule has 3 heteroatoms. The molecule has 3 nitrogen and oxygen atoms in total. The van der Waals surface area contributed by atoms with Gasteiger partial charge in [-0.25, -0.2) is 0 Å². The smallest absolute Gasteiger partial charge is 0.225 e. The second kappa shape index (κ2) is 9.00. The lowest BCUT2D eigenvalue weighted by molar-refractivity contribution is -0.116. The number of anilines is 1. The van der Waals surface area contributed by atoms with E-state index in [0.717, 1.165) is 25.1 Å². The van der Waals surface area contributed by atoms with Crippen molar-refractivity contribution < 1.29 is 4.79 Å². The largest absolute Gasteiger partial charge is 0.326 e. The van der Waals surface area contributed by atoms with E-state index < -0.39 is 0 Å². The van der Waals surface area contributed by atoms with Gasteiger partial charge < -0.3 is 10.6 Å². The summed E-state index contributed by atoms with van der Waals surface area (Å²) in [5.74, 6) is 0.0550. The van der Waals surface area contributed by atoms with Crippen molar-refractivity contribution in [2.24, 2.45) is 0 Å². The number of aryl methyl sites for hydroxylation is 2. The molecule has 0 radical (unpaired) electrons. The fourth-order valence-corrected chi connectivity index (χ4v) is 2.25. The monoisotopic (exact) mass is 296 g/mol. The van der Waals surface area contributed by atoms with Gasteiger partial charge in [0.1, 0.15) is 0 Å². The number of benzene rings is 2. The number of hydrogen-bond donors (Lipinski definition) is 2. The third-order valence-electron chi connectivity index (χ3n) is 3.53. The molecule has 0 spiro atoms. The van der Waals surface area contributed by atoms with Crippen LogP contribution in [0.5, 0.6) is 0 Å². The molecule has 2 aromatic rings. The lowest BCUT2D eigenvalue weighted by Gasteiger charge is -2.07. The van der Waals surface area contributed by atoms with Crippen molar-refractivity contribution in [1.29, 1.82) is 0 Å². The van der Waals surface area contributed by atoms with Gasteiger partial charge in [0.25, 0.3) is 0 Å². The highest BCUT2D eigenvalue weighted by molar-refractivity contribution is 5.90. The maximum absolute atomic E-state index is 11.8. The summed E-state index contributed by atoms with van der Waals surface area (Å²) in [7, 11) is 0. The molecular weight excluding hydrogens is 272 g/mol. The van der Waals surface area contributed by atoms with Crippen LogP contribution in [0.15, 0.2) is 54.6 Å². The fourth-order valence-electron chi connectivity index (χ4n) is 2.25. The Morgan fingerprint density at radius 2 is 1.68 bits per heavy atom. The first-order chi connectivity index (χ1) is 10.7. The van der Waals surface area contributed by atoms with Gasteiger partial charge in [0.2, 0.25) is 5.91 Å². The zero-order chi connectivity index (χ0) is 15.6. The predicted octanol–water partition coefficient (Wildman–Crippen LogP) is 3.55. The van der Waals surface area contributed by atoms with Gasteiger partial charge in [-0.1, -0.05) is 48.0 Å². The summed E-state index contributed by atoms with van der Waals surface area (Å²) in [4.78, 5) is 11.8. The molecule has 0 bridgehead atoms. The summed E-state index contributed by atoms with van der Waals surface area (Å²) in [5.41, 5.74) is 3.42. The van der Waals surface area contributed by atoms with Gasteiger partial charge in [0, 0.05) is 18.7 Å². The lowest BCUT2D eigenvalue weighted by Crippen LogP contribution is -2.22. The third kappa shape index (κ3) is 6.10. The zero-order valence-electron chi connectivity index (χ0n) is 13.1. The van der Waals surface area contributed by atoms with Crippen LogP contribution in [0.25, 0.3) is 0 Å². The molecule has 0 fully saturated rings. The number of amides is 1. The van der Waals surface area contributed by atoms with E-state index in [1.807, 2.05) is 37.3 Å². The van der Waals surface area contributed by atoms with Crippen LogP contribution in [-0.2, 0) is 11.2 Å². The quantitative estimate of drug-likeness (QED) is 0.732. The summed E-state index contributed by atoms with van der Waals surface area (Å²) in [5, 5.41) is 6.23. The summed E-state index contributed by atoms with van der Waals surface area (Å²) >= 11 is 0. The minimum absolute atomic E-state index is 0.0550. The molecule has 0 atom stereocenters. The topological polar surface area (TPSA) is 41.1 Å². The van der Waals surface area contributed by atoms with Crippen molar-refractivity contribution >= 4 is 11.6 Å². The molecule has 1 amide bonds. The minimum Gasteiger partial charge on any atom is -0.326 e. The van der Waals surface area contributed by atoms with Crippen molar-refractivity contribution in [1.82, 2.24) is 5.32 Å².